The lowest BCUT2D eigenvalue weighted by Gasteiger charge is -2.07. The monoisotopic (exact) mass is 314 g/mol. The van der Waals surface area contributed by atoms with Crippen molar-refractivity contribution in [2.75, 3.05) is 14.2 Å². The van der Waals surface area contributed by atoms with Gasteiger partial charge in [-0.1, -0.05) is 36.0 Å². The number of allylic oxidation sites excluding steroid dienone is 5. The molecular formula is C20H26O3. The van der Waals surface area contributed by atoms with Crippen molar-refractivity contribution in [3.05, 3.63) is 53.6 Å². The van der Waals surface area contributed by atoms with Gasteiger partial charge in [-0.15, -0.1) is 0 Å². The first-order valence-electron chi connectivity index (χ1n) is 7.85. The minimum absolute atomic E-state index is 0.600. The summed E-state index contributed by atoms with van der Waals surface area (Å²) in [4.78, 5) is 10.3. The maximum absolute atomic E-state index is 10.3. The fraction of sp³-hybridized carbons (Fsp3) is 0.350. The van der Waals surface area contributed by atoms with Crippen LogP contribution in [0.3, 0.4) is 0 Å². The zero-order valence-corrected chi connectivity index (χ0v) is 14.2. The highest BCUT2D eigenvalue weighted by atomic mass is 16.5. The summed E-state index contributed by atoms with van der Waals surface area (Å²) in [5.41, 5.74) is 2.27. The van der Waals surface area contributed by atoms with Crippen LogP contribution in [0.25, 0.3) is 6.08 Å². The smallest absolute Gasteiger partial charge is 0.129 e. The molecule has 0 aliphatic heterocycles. The number of carbonyl (C=O) groups is 1. The number of hydrogen-bond acceptors (Lipinski definition) is 3. The average molecular weight is 314 g/mol. The number of aldehydes is 1. The molecule has 0 saturated carbocycles. The quantitative estimate of drug-likeness (QED) is 0.347. The van der Waals surface area contributed by atoms with Gasteiger partial charge in [0.15, 0.2) is 0 Å². The first-order valence-corrected chi connectivity index (χ1v) is 7.85. The molecule has 0 heterocycles. The predicted molar refractivity (Wildman–Crippen MR) is 96.0 cm³/mol. The van der Waals surface area contributed by atoms with Gasteiger partial charge in [0, 0.05) is 18.1 Å². The minimum Gasteiger partial charge on any atom is -0.497 e. The lowest BCUT2D eigenvalue weighted by atomic mass is 10.1. The molecule has 0 spiro atoms. The molecular weight excluding hydrogens is 288 g/mol. The maximum Gasteiger partial charge on any atom is 0.129 e. The highest BCUT2D eigenvalue weighted by Gasteiger charge is 2.01. The van der Waals surface area contributed by atoms with Gasteiger partial charge < -0.3 is 14.3 Å². The third-order valence-corrected chi connectivity index (χ3v) is 3.41. The molecule has 0 fully saturated rings. The van der Waals surface area contributed by atoms with Crippen LogP contribution in [0.5, 0.6) is 11.5 Å². The van der Waals surface area contributed by atoms with Crippen molar-refractivity contribution < 1.29 is 14.3 Å². The van der Waals surface area contributed by atoms with E-state index in [4.69, 9.17) is 9.47 Å². The standard InChI is InChI=1S/C20H26O3/c1-17(11-9-15-21)10-7-5-4-6-8-12-18-13-14-19(22-2)16-20(18)23-3/h5,7-8,10,12-16H,4,6,9,11H2,1-3H3. The molecule has 0 N–H and O–H groups in total. The lowest BCUT2D eigenvalue weighted by Crippen LogP contribution is -1.89. The minimum atomic E-state index is 0.600. The number of hydrogen-bond donors (Lipinski definition) is 0. The van der Waals surface area contributed by atoms with E-state index in [2.05, 4.69) is 30.4 Å². The molecule has 0 radical (unpaired) electrons. The first kappa shape index (κ1) is 18.8. The summed E-state index contributed by atoms with van der Waals surface area (Å²) in [5.74, 6) is 1.60. The number of rotatable bonds is 10. The van der Waals surface area contributed by atoms with E-state index in [9.17, 15) is 4.79 Å². The van der Waals surface area contributed by atoms with E-state index in [1.807, 2.05) is 25.1 Å². The molecule has 0 atom stereocenters. The van der Waals surface area contributed by atoms with Gasteiger partial charge in [0.2, 0.25) is 0 Å². The summed E-state index contributed by atoms with van der Waals surface area (Å²) >= 11 is 0. The van der Waals surface area contributed by atoms with Crippen LogP contribution >= 0.6 is 0 Å². The Morgan fingerprint density at radius 3 is 2.57 bits per heavy atom. The summed E-state index contributed by atoms with van der Waals surface area (Å²) in [7, 11) is 3.31. The lowest BCUT2D eigenvalue weighted by molar-refractivity contribution is -0.107. The Kier molecular flexibility index (Phi) is 9.22. The zero-order chi connectivity index (χ0) is 16.9. The van der Waals surface area contributed by atoms with Crippen molar-refractivity contribution in [3.63, 3.8) is 0 Å². The van der Waals surface area contributed by atoms with Crippen molar-refractivity contribution in [1.29, 1.82) is 0 Å². The molecule has 0 aliphatic carbocycles. The third-order valence-electron chi connectivity index (χ3n) is 3.41. The second-order valence-corrected chi connectivity index (χ2v) is 5.23. The Bertz CT molecular complexity index is 568. The summed E-state index contributed by atoms with van der Waals surface area (Å²) in [6, 6.07) is 5.80. The number of carbonyl (C=O) groups excluding carboxylic acids is 1. The van der Waals surface area contributed by atoms with E-state index in [-0.39, 0.29) is 0 Å². The Balaban J connectivity index is 2.43. The molecule has 23 heavy (non-hydrogen) atoms. The fourth-order valence-corrected chi connectivity index (χ4v) is 2.06. The molecule has 3 heteroatoms. The van der Waals surface area contributed by atoms with Gasteiger partial charge in [0.25, 0.3) is 0 Å². The number of unbranched alkanes of at least 4 members (excludes halogenated alkanes) is 1. The van der Waals surface area contributed by atoms with Crippen molar-refractivity contribution in [3.8, 4) is 11.5 Å². The van der Waals surface area contributed by atoms with Crippen LogP contribution in [0, 0.1) is 0 Å². The SMILES string of the molecule is COc1ccc(C=CCCC=CC=C(C)CCC=O)c(OC)c1. The van der Waals surface area contributed by atoms with Gasteiger partial charge in [-0.3, -0.25) is 0 Å². The third kappa shape index (κ3) is 7.50. The Labute approximate surface area is 139 Å². The molecule has 1 rings (SSSR count). The van der Waals surface area contributed by atoms with Gasteiger partial charge in [-0.25, -0.2) is 0 Å². The molecule has 0 amide bonds. The van der Waals surface area contributed by atoms with E-state index < -0.39 is 0 Å². The van der Waals surface area contributed by atoms with Gasteiger partial charge >= 0.3 is 0 Å². The molecule has 3 nitrogen and oxygen atoms in total. The molecule has 0 saturated heterocycles. The Morgan fingerprint density at radius 1 is 1.09 bits per heavy atom. The van der Waals surface area contributed by atoms with E-state index in [0.717, 1.165) is 42.6 Å². The average Bonchev–Trinajstić information content (AvgIpc) is 2.59. The number of methoxy groups -OCH3 is 2. The Morgan fingerprint density at radius 2 is 1.87 bits per heavy atom. The fourth-order valence-electron chi connectivity index (χ4n) is 2.06. The topological polar surface area (TPSA) is 35.5 Å². The highest BCUT2D eigenvalue weighted by Crippen LogP contribution is 2.25. The summed E-state index contributed by atoms with van der Waals surface area (Å²) in [5, 5.41) is 0. The van der Waals surface area contributed by atoms with Crippen molar-refractivity contribution in [2.24, 2.45) is 0 Å². The summed E-state index contributed by atoms with van der Waals surface area (Å²) in [6.45, 7) is 2.05. The summed E-state index contributed by atoms with van der Waals surface area (Å²) in [6.07, 6.45) is 14.8. The molecule has 0 aliphatic rings. The van der Waals surface area contributed by atoms with Crippen LogP contribution in [0.15, 0.2) is 48.1 Å². The predicted octanol–water partition coefficient (Wildman–Crippen LogP) is 4.98. The van der Waals surface area contributed by atoms with Crippen molar-refractivity contribution >= 4 is 12.4 Å². The van der Waals surface area contributed by atoms with Gasteiger partial charge in [0.05, 0.1) is 14.2 Å². The van der Waals surface area contributed by atoms with Gasteiger partial charge in [-0.05, 0) is 38.3 Å². The largest absolute Gasteiger partial charge is 0.497 e. The molecule has 124 valence electrons. The van der Waals surface area contributed by atoms with Crippen LogP contribution < -0.4 is 9.47 Å². The van der Waals surface area contributed by atoms with E-state index in [1.165, 1.54) is 5.57 Å². The Hall–Kier alpha value is -2.29. The molecule has 0 aromatic heterocycles. The molecule has 1 aromatic rings. The van der Waals surface area contributed by atoms with Crippen molar-refractivity contribution in [2.45, 2.75) is 32.6 Å². The van der Waals surface area contributed by atoms with E-state index in [0.29, 0.717) is 6.42 Å². The van der Waals surface area contributed by atoms with Crippen LogP contribution in [-0.2, 0) is 4.79 Å². The van der Waals surface area contributed by atoms with Crippen molar-refractivity contribution in [1.82, 2.24) is 0 Å². The zero-order valence-electron chi connectivity index (χ0n) is 14.2. The van der Waals surface area contributed by atoms with Gasteiger partial charge in [0.1, 0.15) is 17.8 Å². The van der Waals surface area contributed by atoms with Gasteiger partial charge in [-0.2, -0.15) is 0 Å². The normalized spacial score (nSPS) is 12.0. The number of benzene rings is 1. The molecule has 0 bridgehead atoms. The summed E-state index contributed by atoms with van der Waals surface area (Å²) < 4.78 is 10.6. The maximum atomic E-state index is 10.3. The number of ether oxygens (including phenoxy) is 2. The molecule has 1 aromatic carbocycles. The second-order valence-electron chi connectivity index (χ2n) is 5.23. The van der Waals surface area contributed by atoms with E-state index in [1.54, 1.807) is 14.2 Å². The van der Waals surface area contributed by atoms with Crippen LogP contribution in [0.4, 0.5) is 0 Å². The van der Waals surface area contributed by atoms with Crippen LogP contribution in [-0.4, -0.2) is 20.5 Å². The van der Waals surface area contributed by atoms with E-state index >= 15 is 0 Å². The second kappa shape index (κ2) is 11.3. The highest BCUT2D eigenvalue weighted by molar-refractivity contribution is 5.59. The first-order chi connectivity index (χ1) is 11.2. The van der Waals surface area contributed by atoms with Crippen LogP contribution in [0.2, 0.25) is 0 Å². The van der Waals surface area contributed by atoms with Crippen LogP contribution in [0.1, 0.15) is 38.2 Å². The molecule has 0 unspecified atom stereocenters.